The molecule has 4 heteroatoms. The number of benzene rings is 9. The van der Waals surface area contributed by atoms with Gasteiger partial charge in [-0.2, -0.15) is 0 Å². The summed E-state index contributed by atoms with van der Waals surface area (Å²) in [4.78, 5) is 0. The average Bonchev–Trinajstić information content (AvgIpc) is 3.95. The van der Waals surface area contributed by atoms with Gasteiger partial charge < -0.3 is 13.6 Å². The molecule has 3 nitrogen and oxygen atoms in total. The SMILES string of the molecule is c1ccc(-n2c3ccccc3c3cc(-n4c5ccccc5c5cc([Si](c6ccccc6)(c6ccccc6)c6ccc7oc8ccccc8c7c6)ccc54)ccc32)cc1. The van der Waals surface area contributed by atoms with Crippen LogP contribution in [0.25, 0.3) is 76.9 Å². The fourth-order valence-electron chi connectivity index (χ4n) is 9.78. The zero-order chi connectivity index (χ0) is 38.2. The van der Waals surface area contributed by atoms with Crippen LogP contribution in [0, 0.1) is 0 Å². The summed E-state index contributed by atoms with van der Waals surface area (Å²) < 4.78 is 11.2. The van der Waals surface area contributed by atoms with Crippen LogP contribution in [-0.2, 0) is 0 Å². The quantitative estimate of drug-likeness (QED) is 0.122. The van der Waals surface area contributed by atoms with E-state index in [1.807, 2.05) is 6.07 Å². The lowest BCUT2D eigenvalue weighted by Crippen LogP contribution is -2.74. The van der Waals surface area contributed by atoms with Gasteiger partial charge in [0.15, 0.2) is 8.07 Å². The second kappa shape index (κ2) is 12.8. The first kappa shape index (κ1) is 32.8. The standard InChI is InChI=1S/C54H36N2OSi/c1-4-16-37(17-5-1)55-49-25-13-10-22-43(49)46-34-38(28-31-51(46)55)56-50-26-14-11-23-44(50)47-35-41(29-32-52(47)56)58(39-18-6-2-7-19-39,40-20-8-3-9-21-40)42-30-33-54-48(36-42)45-24-12-15-27-53(45)57-54/h1-36H. The minimum atomic E-state index is -2.90. The van der Waals surface area contributed by atoms with Gasteiger partial charge in [0.2, 0.25) is 0 Å². The van der Waals surface area contributed by atoms with Crippen LogP contribution in [0.5, 0.6) is 0 Å². The van der Waals surface area contributed by atoms with Gasteiger partial charge in [0.05, 0.1) is 22.1 Å². The molecular weight excluding hydrogens is 721 g/mol. The first-order valence-electron chi connectivity index (χ1n) is 19.9. The van der Waals surface area contributed by atoms with Gasteiger partial charge in [-0.3, -0.25) is 0 Å². The topological polar surface area (TPSA) is 23.0 Å². The second-order valence-corrected chi connectivity index (χ2v) is 19.1. The summed E-state index contributed by atoms with van der Waals surface area (Å²) in [6, 6.07) is 80.3. The van der Waals surface area contributed by atoms with E-state index in [1.165, 1.54) is 64.4 Å². The molecule has 0 radical (unpaired) electrons. The first-order valence-corrected chi connectivity index (χ1v) is 21.9. The highest BCUT2D eigenvalue weighted by molar-refractivity contribution is 7.20. The number of nitrogens with zero attached hydrogens (tertiary/aromatic N) is 2. The van der Waals surface area contributed by atoms with E-state index in [1.54, 1.807) is 0 Å². The van der Waals surface area contributed by atoms with Gasteiger partial charge in [-0.05, 0) is 81.4 Å². The minimum absolute atomic E-state index is 0.913. The molecule has 0 saturated carbocycles. The Morgan fingerprint density at radius 3 is 1.38 bits per heavy atom. The number of hydrogen-bond acceptors (Lipinski definition) is 1. The van der Waals surface area contributed by atoms with E-state index in [-0.39, 0.29) is 0 Å². The molecule has 3 heterocycles. The Bertz CT molecular complexity index is 3470. The van der Waals surface area contributed by atoms with Crippen molar-refractivity contribution in [3.8, 4) is 11.4 Å². The third-order valence-electron chi connectivity index (χ3n) is 12.3. The summed E-state index contributed by atoms with van der Waals surface area (Å²) in [6.07, 6.45) is 0. The zero-order valence-corrected chi connectivity index (χ0v) is 32.6. The molecule has 0 saturated heterocycles. The van der Waals surface area contributed by atoms with E-state index in [9.17, 15) is 0 Å². The molecule has 272 valence electrons. The Labute approximate surface area is 336 Å². The molecular formula is C54H36N2OSi. The molecule has 0 N–H and O–H groups in total. The monoisotopic (exact) mass is 756 g/mol. The van der Waals surface area contributed by atoms with Gasteiger partial charge >= 0.3 is 0 Å². The fourth-order valence-corrected chi connectivity index (χ4v) is 14.5. The average molecular weight is 757 g/mol. The molecule has 12 aromatic rings. The normalized spacial score (nSPS) is 12.1. The van der Waals surface area contributed by atoms with Crippen LogP contribution >= 0.6 is 0 Å². The van der Waals surface area contributed by atoms with Crippen LogP contribution in [0.15, 0.2) is 223 Å². The highest BCUT2D eigenvalue weighted by atomic mass is 28.3. The van der Waals surface area contributed by atoms with Crippen LogP contribution in [0.4, 0.5) is 0 Å². The van der Waals surface area contributed by atoms with Crippen LogP contribution in [0.3, 0.4) is 0 Å². The maximum Gasteiger partial charge on any atom is 0.179 e. The Morgan fingerprint density at radius 1 is 0.276 bits per heavy atom. The summed E-state index contributed by atoms with van der Waals surface area (Å²) in [7, 11) is -2.90. The summed E-state index contributed by atoms with van der Waals surface area (Å²) in [5.41, 5.74) is 8.93. The highest BCUT2D eigenvalue weighted by Gasteiger charge is 2.42. The van der Waals surface area contributed by atoms with Gasteiger partial charge in [0, 0.05) is 43.7 Å². The molecule has 0 amide bonds. The van der Waals surface area contributed by atoms with Gasteiger partial charge in [-0.1, -0.05) is 158 Å². The van der Waals surface area contributed by atoms with E-state index in [0.717, 1.165) is 33.3 Å². The third kappa shape index (κ3) is 4.73. The number of para-hydroxylation sites is 4. The Hall–Kier alpha value is -7.40. The van der Waals surface area contributed by atoms with Crippen molar-refractivity contribution in [3.63, 3.8) is 0 Å². The van der Waals surface area contributed by atoms with Gasteiger partial charge in [0.1, 0.15) is 11.2 Å². The largest absolute Gasteiger partial charge is 0.456 e. The predicted octanol–water partition coefficient (Wildman–Crippen LogP) is 11.2. The molecule has 0 aliphatic carbocycles. The van der Waals surface area contributed by atoms with E-state index in [2.05, 4.69) is 221 Å². The Morgan fingerprint density at radius 2 is 0.724 bits per heavy atom. The molecule has 3 aromatic heterocycles. The molecule has 0 atom stereocenters. The van der Waals surface area contributed by atoms with Crippen molar-refractivity contribution in [2.45, 2.75) is 0 Å². The van der Waals surface area contributed by atoms with Crippen LogP contribution in [0.2, 0.25) is 0 Å². The molecule has 0 fully saturated rings. The first-order chi connectivity index (χ1) is 28.8. The fraction of sp³-hybridized carbons (Fsp3) is 0. The molecule has 0 spiro atoms. The van der Waals surface area contributed by atoms with E-state index >= 15 is 0 Å². The van der Waals surface area contributed by atoms with Crippen LogP contribution in [-0.4, -0.2) is 17.2 Å². The van der Waals surface area contributed by atoms with Gasteiger partial charge in [0.25, 0.3) is 0 Å². The van der Waals surface area contributed by atoms with Crippen molar-refractivity contribution >= 4 is 94.4 Å². The Balaban J connectivity index is 1.13. The summed E-state index contributed by atoms with van der Waals surface area (Å²) >= 11 is 0. The van der Waals surface area contributed by atoms with Crippen molar-refractivity contribution in [1.82, 2.24) is 9.13 Å². The lowest BCUT2D eigenvalue weighted by Gasteiger charge is -2.34. The van der Waals surface area contributed by atoms with E-state index in [4.69, 9.17) is 4.42 Å². The summed E-state index contributed by atoms with van der Waals surface area (Å²) in [5, 5.41) is 12.6. The summed E-state index contributed by atoms with van der Waals surface area (Å²) in [5.74, 6) is 0. The maximum absolute atomic E-state index is 6.37. The molecule has 0 aliphatic rings. The smallest absolute Gasteiger partial charge is 0.179 e. The van der Waals surface area contributed by atoms with Crippen LogP contribution < -0.4 is 20.7 Å². The second-order valence-electron chi connectivity index (χ2n) is 15.3. The number of furan rings is 1. The number of hydrogen-bond donors (Lipinski definition) is 0. The van der Waals surface area contributed by atoms with Crippen molar-refractivity contribution < 1.29 is 4.42 Å². The minimum Gasteiger partial charge on any atom is -0.456 e. The zero-order valence-electron chi connectivity index (χ0n) is 31.6. The number of fused-ring (bicyclic) bond motifs is 9. The van der Waals surface area contributed by atoms with Crippen molar-refractivity contribution in [2.75, 3.05) is 0 Å². The lowest BCUT2D eigenvalue weighted by atomic mass is 10.1. The molecule has 0 aliphatic heterocycles. The van der Waals surface area contributed by atoms with Crippen molar-refractivity contribution in [2.24, 2.45) is 0 Å². The molecule has 0 bridgehead atoms. The number of rotatable bonds is 6. The van der Waals surface area contributed by atoms with Crippen molar-refractivity contribution in [3.05, 3.63) is 218 Å². The predicted molar refractivity (Wildman–Crippen MR) is 246 cm³/mol. The van der Waals surface area contributed by atoms with Crippen LogP contribution in [0.1, 0.15) is 0 Å². The van der Waals surface area contributed by atoms with E-state index < -0.39 is 8.07 Å². The lowest BCUT2D eigenvalue weighted by molar-refractivity contribution is 0.669. The number of aromatic nitrogens is 2. The van der Waals surface area contributed by atoms with E-state index in [0.29, 0.717) is 0 Å². The van der Waals surface area contributed by atoms with Gasteiger partial charge in [-0.25, -0.2) is 0 Å². The molecule has 58 heavy (non-hydrogen) atoms. The molecule has 0 unspecified atom stereocenters. The van der Waals surface area contributed by atoms with Gasteiger partial charge in [-0.15, -0.1) is 0 Å². The summed E-state index contributed by atoms with van der Waals surface area (Å²) in [6.45, 7) is 0. The maximum atomic E-state index is 6.37. The molecule has 12 rings (SSSR count). The van der Waals surface area contributed by atoms with Crippen molar-refractivity contribution in [1.29, 1.82) is 0 Å². The highest BCUT2D eigenvalue weighted by Crippen LogP contribution is 2.37. The molecule has 9 aromatic carbocycles. The third-order valence-corrected chi connectivity index (χ3v) is 17.0. The Kier molecular flexibility index (Phi) is 7.25.